The van der Waals surface area contributed by atoms with Crippen molar-refractivity contribution in [1.82, 2.24) is 4.98 Å². The number of hydrogen-bond acceptors (Lipinski definition) is 1. The van der Waals surface area contributed by atoms with Crippen LogP contribution in [0.3, 0.4) is 0 Å². The molecule has 3 rings (SSSR count). The topological polar surface area (TPSA) is 25.0 Å². The van der Waals surface area contributed by atoms with Crippen LogP contribution < -0.4 is 4.74 Å². The van der Waals surface area contributed by atoms with Gasteiger partial charge in [-0.05, 0) is 47.8 Å². The second-order valence-electron chi connectivity index (χ2n) is 6.26. The van der Waals surface area contributed by atoms with Crippen molar-refractivity contribution in [3.8, 4) is 5.75 Å². The summed E-state index contributed by atoms with van der Waals surface area (Å²) in [6.07, 6.45) is 7.76. The van der Waals surface area contributed by atoms with E-state index in [4.69, 9.17) is 4.74 Å². The van der Waals surface area contributed by atoms with Gasteiger partial charge in [-0.3, -0.25) is 0 Å². The third-order valence-electron chi connectivity index (χ3n) is 4.20. The second-order valence-corrected chi connectivity index (χ2v) is 6.83. The largest absolute Gasteiger partial charge is 0.497 e. The molecular weight excluding hydrogens is 325 g/mol. The molecule has 0 saturated heterocycles. The normalized spacial score (nSPS) is 10.4. The first-order valence-corrected chi connectivity index (χ1v) is 9.98. The molecular formula is C22H30NOP. The maximum Gasteiger partial charge on any atom is 0.118 e. The molecule has 1 atom stereocenters. The molecule has 0 radical (unpaired) electrons. The summed E-state index contributed by atoms with van der Waals surface area (Å²) in [5.74, 6) is 0.899. The second kappa shape index (κ2) is 10.9. The van der Waals surface area contributed by atoms with Crippen LogP contribution in [0.1, 0.15) is 43.9 Å². The fraction of sp³-hybridized carbons (Fsp3) is 0.364. The molecule has 0 saturated carbocycles. The number of para-hydroxylation sites is 1. The molecule has 0 amide bonds. The summed E-state index contributed by atoms with van der Waals surface area (Å²) in [4.78, 5) is 3.44. The summed E-state index contributed by atoms with van der Waals surface area (Å²) in [5.41, 5.74) is 3.71. The van der Waals surface area contributed by atoms with Crippen molar-refractivity contribution in [2.75, 3.05) is 13.3 Å². The molecule has 0 aliphatic rings. The first-order chi connectivity index (χ1) is 12.3. The number of methoxy groups -OCH3 is 1. The predicted molar refractivity (Wildman–Crippen MR) is 113 cm³/mol. The van der Waals surface area contributed by atoms with Gasteiger partial charge in [-0.2, -0.15) is 0 Å². The predicted octanol–water partition coefficient (Wildman–Crippen LogP) is 6.21. The Labute approximate surface area is 154 Å². The summed E-state index contributed by atoms with van der Waals surface area (Å²) in [6.45, 7) is 2.24. The number of hydrogen-bond donors (Lipinski definition) is 1. The Morgan fingerprint density at radius 1 is 0.960 bits per heavy atom. The molecule has 1 N–H and O–H groups in total. The van der Waals surface area contributed by atoms with E-state index in [-0.39, 0.29) is 0 Å². The number of fused-ring (bicyclic) bond motifs is 1. The Hall–Kier alpha value is -1.79. The number of aromatic nitrogens is 1. The van der Waals surface area contributed by atoms with Crippen LogP contribution in [0.2, 0.25) is 0 Å². The summed E-state index contributed by atoms with van der Waals surface area (Å²) < 4.78 is 5.16. The molecule has 0 spiro atoms. The average Bonchev–Trinajstić information content (AvgIpc) is 3.06. The summed E-state index contributed by atoms with van der Waals surface area (Å²) >= 11 is 0. The summed E-state index contributed by atoms with van der Waals surface area (Å²) in [6, 6.07) is 18.8. The molecule has 1 unspecified atom stereocenters. The van der Waals surface area contributed by atoms with E-state index >= 15 is 0 Å². The minimum Gasteiger partial charge on any atom is -0.497 e. The van der Waals surface area contributed by atoms with E-state index in [1.807, 2.05) is 12.1 Å². The van der Waals surface area contributed by atoms with E-state index in [9.17, 15) is 0 Å². The Kier molecular flexibility index (Phi) is 8.55. The van der Waals surface area contributed by atoms with Crippen molar-refractivity contribution >= 4 is 20.1 Å². The highest BCUT2D eigenvalue weighted by Crippen LogP contribution is 2.18. The van der Waals surface area contributed by atoms with E-state index in [0.717, 1.165) is 12.2 Å². The van der Waals surface area contributed by atoms with Crippen LogP contribution in [0.4, 0.5) is 0 Å². The van der Waals surface area contributed by atoms with Gasteiger partial charge in [-0.25, -0.2) is 0 Å². The first-order valence-electron chi connectivity index (χ1n) is 9.16. The minimum atomic E-state index is 0.899. The van der Waals surface area contributed by atoms with E-state index in [1.165, 1.54) is 54.0 Å². The van der Waals surface area contributed by atoms with Gasteiger partial charge in [0.2, 0.25) is 0 Å². The molecule has 0 fully saturated rings. The SMILES string of the molecule is CCCCCCP.COc1ccc(Cc2cc3ccccc3[nH]2)cc1. The third kappa shape index (κ3) is 6.55. The van der Waals surface area contributed by atoms with Crippen LogP contribution in [0.25, 0.3) is 10.9 Å². The number of benzene rings is 2. The van der Waals surface area contributed by atoms with Gasteiger partial charge in [-0.1, -0.05) is 56.5 Å². The zero-order valence-corrected chi connectivity index (χ0v) is 16.6. The Morgan fingerprint density at radius 2 is 1.72 bits per heavy atom. The van der Waals surface area contributed by atoms with Gasteiger partial charge in [0, 0.05) is 17.6 Å². The average molecular weight is 355 g/mol. The highest BCUT2D eigenvalue weighted by Gasteiger charge is 2.01. The van der Waals surface area contributed by atoms with Crippen molar-refractivity contribution in [1.29, 1.82) is 0 Å². The lowest BCUT2D eigenvalue weighted by Gasteiger charge is -2.02. The van der Waals surface area contributed by atoms with Crippen molar-refractivity contribution in [3.63, 3.8) is 0 Å². The highest BCUT2D eigenvalue weighted by molar-refractivity contribution is 7.16. The van der Waals surface area contributed by atoms with Gasteiger partial charge in [-0.15, -0.1) is 9.24 Å². The van der Waals surface area contributed by atoms with Crippen molar-refractivity contribution in [3.05, 3.63) is 65.9 Å². The number of unbranched alkanes of at least 4 members (excludes halogenated alkanes) is 3. The Balaban J connectivity index is 0.000000277. The van der Waals surface area contributed by atoms with E-state index in [2.05, 4.69) is 63.6 Å². The van der Waals surface area contributed by atoms with Crippen LogP contribution in [0, 0.1) is 0 Å². The lowest BCUT2D eigenvalue weighted by Crippen LogP contribution is -1.88. The monoisotopic (exact) mass is 355 g/mol. The maximum absolute atomic E-state index is 5.16. The zero-order valence-electron chi connectivity index (χ0n) is 15.4. The smallest absolute Gasteiger partial charge is 0.118 e. The van der Waals surface area contributed by atoms with Crippen molar-refractivity contribution < 1.29 is 4.74 Å². The molecule has 2 aromatic carbocycles. The molecule has 3 heteroatoms. The molecule has 0 aliphatic carbocycles. The van der Waals surface area contributed by atoms with Crippen LogP contribution in [0.5, 0.6) is 5.75 Å². The number of rotatable bonds is 7. The maximum atomic E-state index is 5.16. The fourth-order valence-electron chi connectivity index (χ4n) is 2.76. The molecule has 134 valence electrons. The number of aromatic amines is 1. The number of ether oxygens (including phenoxy) is 1. The molecule has 1 aromatic heterocycles. The van der Waals surface area contributed by atoms with Gasteiger partial charge >= 0.3 is 0 Å². The molecule has 3 aromatic rings. The summed E-state index contributed by atoms with van der Waals surface area (Å²) in [7, 11) is 4.44. The van der Waals surface area contributed by atoms with Crippen LogP contribution >= 0.6 is 9.24 Å². The highest BCUT2D eigenvalue weighted by atomic mass is 31.0. The quantitative estimate of drug-likeness (QED) is 0.395. The molecule has 0 aliphatic heterocycles. The minimum absolute atomic E-state index is 0.899. The Bertz CT molecular complexity index is 696. The lowest BCUT2D eigenvalue weighted by molar-refractivity contribution is 0.414. The van der Waals surface area contributed by atoms with Crippen LogP contribution in [-0.2, 0) is 6.42 Å². The lowest BCUT2D eigenvalue weighted by atomic mass is 10.1. The van der Waals surface area contributed by atoms with E-state index in [1.54, 1.807) is 7.11 Å². The number of nitrogens with one attached hydrogen (secondary N) is 1. The van der Waals surface area contributed by atoms with E-state index < -0.39 is 0 Å². The van der Waals surface area contributed by atoms with Gasteiger partial charge in [0.25, 0.3) is 0 Å². The Morgan fingerprint density at radius 3 is 2.36 bits per heavy atom. The third-order valence-corrected chi connectivity index (χ3v) is 4.61. The van der Waals surface area contributed by atoms with Crippen LogP contribution in [-0.4, -0.2) is 18.3 Å². The van der Waals surface area contributed by atoms with E-state index in [0.29, 0.717) is 0 Å². The van der Waals surface area contributed by atoms with Gasteiger partial charge in [0.15, 0.2) is 0 Å². The molecule has 25 heavy (non-hydrogen) atoms. The molecule has 0 bridgehead atoms. The molecule has 2 nitrogen and oxygen atoms in total. The van der Waals surface area contributed by atoms with Gasteiger partial charge in [0.1, 0.15) is 5.75 Å². The van der Waals surface area contributed by atoms with Crippen molar-refractivity contribution in [2.45, 2.75) is 39.0 Å². The van der Waals surface area contributed by atoms with Crippen molar-refractivity contribution in [2.24, 2.45) is 0 Å². The summed E-state index contributed by atoms with van der Waals surface area (Å²) in [5, 5.41) is 1.26. The van der Waals surface area contributed by atoms with Gasteiger partial charge in [0.05, 0.1) is 7.11 Å². The van der Waals surface area contributed by atoms with Crippen LogP contribution in [0.15, 0.2) is 54.6 Å². The first kappa shape index (κ1) is 19.5. The fourth-order valence-corrected chi connectivity index (χ4v) is 3.05. The number of H-pyrrole nitrogens is 1. The molecule has 1 heterocycles. The van der Waals surface area contributed by atoms with Gasteiger partial charge < -0.3 is 9.72 Å². The zero-order chi connectivity index (χ0) is 17.9. The standard InChI is InChI=1S/C16H15NO.C6H15P/c1-18-15-8-6-12(7-9-15)10-14-11-13-4-2-3-5-16(13)17-14;1-2-3-4-5-6-7/h2-9,11,17H,10H2,1H3;2-7H2,1H3.